The number of methoxy groups -OCH3 is 1. The van der Waals surface area contributed by atoms with Crippen molar-refractivity contribution in [2.45, 2.75) is 90.4 Å². The predicted octanol–water partition coefficient (Wildman–Crippen LogP) is 6.61. The maximum atomic E-state index is 12.6. The molecular formula is C31H45NO3. The third-order valence-corrected chi connectivity index (χ3v) is 7.49. The van der Waals surface area contributed by atoms with Gasteiger partial charge in [0.05, 0.1) is 19.1 Å². The van der Waals surface area contributed by atoms with Gasteiger partial charge in [0.2, 0.25) is 0 Å². The minimum absolute atomic E-state index is 0.0159. The maximum Gasteiger partial charge on any atom is 0.308 e. The molecule has 1 aliphatic carbocycles. The Labute approximate surface area is 212 Å². The molecule has 4 nitrogen and oxygen atoms in total. The van der Waals surface area contributed by atoms with Crippen LogP contribution in [0.5, 0.6) is 0 Å². The molecule has 1 saturated carbocycles. The Balaban J connectivity index is 1.88. The van der Waals surface area contributed by atoms with Crippen molar-refractivity contribution in [1.82, 2.24) is 4.90 Å². The van der Waals surface area contributed by atoms with Gasteiger partial charge in [0, 0.05) is 19.1 Å². The van der Waals surface area contributed by atoms with Gasteiger partial charge in [-0.1, -0.05) is 107 Å². The number of esters is 1. The molecule has 3 rings (SSSR count). The average Bonchev–Trinajstić information content (AvgIpc) is 2.87. The summed E-state index contributed by atoms with van der Waals surface area (Å²) in [6.07, 6.45) is 7.91. The molecule has 0 aliphatic heterocycles. The minimum Gasteiger partial charge on any atom is -0.469 e. The molecule has 2 aromatic carbocycles. The van der Waals surface area contributed by atoms with E-state index in [9.17, 15) is 9.90 Å². The number of aliphatic hydroxyl groups excluding tert-OH is 1. The van der Waals surface area contributed by atoms with Gasteiger partial charge in [-0.05, 0) is 42.2 Å². The number of nitrogens with zero attached hydrogens (tertiary/aromatic N) is 1. The van der Waals surface area contributed by atoms with E-state index in [0.717, 1.165) is 25.9 Å². The SMILES string of the molecule is COC(=O)[C@H](CC(C)C)C[C@H](O)[C@H](CC1CCCCC1)N(Cc1ccccc1)Cc1ccccc1. The summed E-state index contributed by atoms with van der Waals surface area (Å²) in [6, 6.07) is 21.1. The maximum absolute atomic E-state index is 12.6. The summed E-state index contributed by atoms with van der Waals surface area (Å²) in [5.41, 5.74) is 2.49. The molecular weight excluding hydrogens is 434 g/mol. The van der Waals surface area contributed by atoms with E-state index >= 15 is 0 Å². The largest absolute Gasteiger partial charge is 0.469 e. The van der Waals surface area contributed by atoms with Gasteiger partial charge in [0.15, 0.2) is 0 Å². The molecule has 2 aromatic rings. The number of benzene rings is 2. The first-order chi connectivity index (χ1) is 17.0. The molecule has 0 saturated heterocycles. The summed E-state index contributed by atoms with van der Waals surface area (Å²) in [5, 5.41) is 11.7. The molecule has 0 spiro atoms. The topological polar surface area (TPSA) is 49.8 Å². The van der Waals surface area contributed by atoms with E-state index in [4.69, 9.17) is 4.74 Å². The zero-order chi connectivity index (χ0) is 25.0. The van der Waals surface area contributed by atoms with Crippen LogP contribution in [-0.4, -0.2) is 35.2 Å². The van der Waals surface area contributed by atoms with Crippen molar-refractivity contribution in [3.05, 3.63) is 71.8 Å². The van der Waals surface area contributed by atoms with E-state index in [0.29, 0.717) is 18.3 Å². The smallest absolute Gasteiger partial charge is 0.308 e. The predicted molar refractivity (Wildman–Crippen MR) is 143 cm³/mol. The lowest BCUT2D eigenvalue weighted by molar-refractivity contribution is -0.147. The summed E-state index contributed by atoms with van der Waals surface area (Å²) in [7, 11) is 1.46. The number of carbonyl (C=O) groups is 1. The molecule has 1 fully saturated rings. The van der Waals surface area contributed by atoms with Crippen LogP contribution in [-0.2, 0) is 22.6 Å². The Morgan fingerprint density at radius 2 is 1.46 bits per heavy atom. The average molecular weight is 480 g/mol. The van der Waals surface area contributed by atoms with Crippen LogP contribution in [0.25, 0.3) is 0 Å². The van der Waals surface area contributed by atoms with Gasteiger partial charge < -0.3 is 9.84 Å². The Kier molecular flexibility index (Phi) is 11.3. The van der Waals surface area contributed by atoms with Gasteiger partial charge in [-0.15, -0.1) is 0 Å². The van der Waals surface area contributed by atoms with Crippen molar-refractivity contribution in [3.8, 4) is 0 Å². The van der Waals surface area contributed by atoms with Crippen molar-refractivity contribution in [2.24, 2.45) is 17.8 Å². The lowest BCUT2D eigenvalue weighted by Gasteiger charge is -2.39. The normalized spacial score (nSPS) is 17.3. The van der Waals surface area contributed by atoms with Crippen LogP contribution >= 0.6 is 0 Å². The second-order valence-electron chi connectivity index (χ2n) is 10.8. The molecule has 1 aliphatic rings. The Hall–Kier alpha value is -2.17. The van der Waals surface area contributed by atoms with Gasteiger partial charge in [-0.3, -0.25) is 9.69 Å². The summed E-state index contributed by atoms with van der Waals surface area (Å²) in [5.74, 6) is 0.512. The quantitative estimate of drug-likeness (QED) is 0.328. The second-order valence-corrected chi connectivity index (χ2v) is 10.8. The number of aliphatic hydroxyl groups is 1. The highest BCUT2D eigenvalue weighted by Crippen LogP contribution is 2.33. The first kappa shape index (κ1) is 27.4. The Bertz CT molecular complexity index is 807. The fourth-order valence-electron chi connectivity index (χ4n) is 5.71. The second kappa shape index (κ2) is 14.4. The van der Waals surface area contributed by atoms with E-state index in [1.165, 1.54) is 50.3 Å². The molecule has 0 amide bonds. The lowest BCUT2D eigenvalue weighted by Crippen LogP contribution is -2.45. The first-order valence-electron chi connectivity index (χ1n) is 13.5. The van der Waals surface area contributed by atoms with Gasteiger partial charge in [0.25, 0.3) is 0 Å². The van der Waals surface area contributed by atoms with E-state index < -0.39 is 6.10 Å². The molecule has 3 atom stereocenters. The van der Waals surface area contributed by atoms with Crippen LogP contribution in [0.4, 0.5) is 0 Å². The highest BCUT2D eigenvalue weighted by Gasteiger charge is 2.33. The molecule has 0 radical (unpaired) electrons. The highest BCUT2D eigenvalue weighted by atomic mass is 16.5. The van der Waals surface area contributed by atoms with Crippen LogP contribution in [0.2, 0.25) is 0 Å². The monoisotopic (exact) mass is 479 g/mol. The summed E-state index contributed by atoms with van der Waals surface area (Å²) >= 11 is 0. The van der Waals surface area contributed by atoms with Crippen LogP contribution in [0.1, 0.15) is 76.3 Å². The number of rotatable bonds is 13. The highest BCUT2D eigenvalue weighted by molar-refractivity contribution is 5.72. The third kappa shape index (κ3) is 9.09. The fraction of sp³-hybridized carbons (Fsp3) is 0.581. The lowest BCUT2D eigenvalue weighted by atomic mass is 9.81. The number of carbonyl (C=O) groups excluding carboxylic acids is 1. The van der Waals surface area contributed by atoms with E-state index in [1.54, 1.807) is 0 Å². The zero-order valence-electron chi connectivity index (χ0n) is 21.9. The third-order valence-electron chi connectivity index (χ3n) is 7.49. The van der Waals surface area contributed by atoms with Crippen molar-refractivity contribution < 1.29 is 14.6 Å². The van der Waals surface area contributed by atoms with Crippen molar-refractivity contribution in [2.75, 3.05) is 7.11 Å². The summed E-state index contributed by atoms with van der Waals surface area (Å²) < 4.78 is 5.13. The van der Waals surface area contributed by atoms with Gasteiger partial charge in [-0.25, -0.2) is 0 Å². The van der Waals surface area contributed by atoms with Gasteiger partial charge >= 0.3 is 5.97 Å². The van der Waals surface area contributed by atoms with Crippen LogP contribution in [0.15, 0.2) is 60.7 Å². The van der Waals surface area contributed by atoms with Gasteiger partial charge in [-0.2, -0.15) is 0 Å². The molecule has 0 bridgehead atoms. The number of hydrogen-bond acceptors (Lipinski definition) is 4. The van der Waals surface area contributed by atoms with Crippen molar-refractivity contribution in [3.63, 3.8) is 0 Å². The van der Waals surface area contributed by atoms with Crippen LogP contribution < -0.4 is 0 Å². The molecule has 0 aromatic heterocycles. The standard InChI is InChI=1S/C31H45NO3/c1-24(2)19-28(31(34)35-3)21-30(33)29(20-25-13-7-4-8-14-25)32(22-26-15-9-5-10-16-26)23-27-17-11-6-12-18-27/h5-6,9-12,15-18,24-25,28-30,33H,4,7-8,13-14,19-23H2,1-3H3/t28-,29+,30+/m1/s1. The Morgan fingerprint density at radius 1 is 0.914 bits per heavy atom. The summed E-state index contributed by atoms with van der Waals surface area (Å²) in [6.45, 7) is 5.80. The summed E-state index contributed by atoms with van der Waals surface area (Å²) in [4.78, 5) is 15.1. The first-order valence-corrected chi connectivity index (χ1v) is 13.5. The number of ether oxygens (including phenoxy) is 1. The molecule has 0 unspecified atom stereocenters. The van der Waals surface area contributed by atoms with Crippen molar-refractivity contribution in [1.29, 1.82) is 0 Å². The van der Waals surface area contributed by atoms with E-state index in [2.05, 4.69) is 67.3 Å². The molecule has 1 N–H and O–H groups in total. The van der Waals surface area contributed by atoms with Crippen molar-refractivity contribution >= 4 is 5.97 Å². The van der Waals surface area contributed by atoms with E-state index in [1.807, 2.05) is 12.1 Å². The van der Waals surface area contributed by atoms with E-state index in [-0.39, 0.29) is 17.9 Å². The zero-order valence-corrected chi connectivity index (χ0v) is 21.9. The molecule has 192 valence electrons. The minimum atomic E-state index is -0.591. The molecule has 35 heavy (non-hydrogen) atoms. The molecule has 4 heteroatoms. The fourth-order valence-corrected chi connectivity index (χ4v) is 5.71. The van der Waals surface area contributed by atoms with Crippen LogP contribution in [0.3, 0.4) is 0 Å². The Morgan fingerprint density at radius 3 is 1.94 bits per heavy atom. The van der Waals surface area contributed by atoms with Gasteiger partial charge in [0.1, 0.15) is 0 Å². The molecule has 0 heterocycles. The van der Waals surface area contributed by atoms with Crippen LogP contribution in [0, 0.1) is 17.8 Å². The number of hydrogen-bond donors (Lipinski definition) is 1.